The Morgan fingerprint density at radius 3 is 2.46 bits per heavy atom. The molecule has 1 aromatic rings. The first-order valence-electron chi connectivity index (χ1n) is 8.84. The van der Waals surface area contributed by atoms with E-state index in [0.717, 1.165) is 43.4 Å². The van der Waals surface area contributed by atoms with E-state index in [1.165, 1.54) is 4.90 Å². The predicted octanol–water partition coefficient (Wildman–Crippen LogP) is 2.75. The van der Waals surface area contributed by atoms with Gasteiger partial charge in [-0.05, 0) is 37.0 Å². The topological polar surface area (TPSA) is 66.5 Å². The molecule has 0 bridgehead atoms. The Kier molecular flexibility index (Phi) is 4.97. The van der Waals surface area contributed by atoms with Crippen LogP contribution < -0.4 is 5.32 Å². The summed E-state index contributed by atoms with van der Waals surface area (Å²) in [5, 5.41) is 2.84. The van der Waals surface area contributed by atoms with Crippen molar-refractivity contribution >= 4 is 23.4 Å². The highest BCUT2D eigenvalue weighted by molar-refractivity contribution is 6.05. The summed E-state index contributed by atoms with van der Waals surface area (Å²) in [7, 11) is 0. The Labute approximate surface area is 142 Å². The third kappa shape index (κ3) is 3.35. The van der Waals surface area contributed by atoms with Crippen molar-refractivity contribution in [2.45, 2.75) is 45.4 Å². The maximum atomic E-state index is 12.4. The summed E-state index contributed by atoms with van der Waals surface area (Å²) in [5.74, 6) is -0.610. The maximum Gasteiger partial charge on any atom is 0.233 e. The Bertz CT molecular complexity index is 632. The molecule has 0 radical (unpaired) electrons. The highest BCUT2D eigenvalue weighted by atomic mass is 16.2. The number of rotatable bonds is 5. The molecule has 1 heterocycles. The van der Waals surface area contributed by atoms with Gasteiger partial charge in [-0.3, -0.25) is 19.3 Å². The smallest absolute Gasteiger partial charge is 0.233 e. The molecule has 0 spiro atoms. The number of hydrogen-bond donors (Lipinski definition) is 1. The predicted molar refractivity (Wildman–Crippen MR) is 91.2 cm³/mol. The summed E-state index contributed by atoms with van der Waals surface area (Å²) in [4.78, 5) is 38.2. The molecule has 1 aliphatic heterocycles. The summed E-state index contributed by atoms with van der Waals surface area (Å²) in [6, 6.07) is 7.71. The number of aryl methyl sites for hydroxylation is 1. The molecule has 2 atom stereocenters. The van der Waals surface area contributed by atoms with E-state index in [2.05, 4.69) is 12.2 Å². The summed E-state index contributed by atoms with van der Waals surface area (Å²) in [5.41, 5.74) is 1.91. The third-order valence-corrected chi connectivity index (χ3v) is 5.11. The molecule has 1 N–H and O–H groups in total. The molecular formula is C19H24N2O3. The number of amides is 3. The van der Waals surface area contributed by atoms with Crippen molar-refractivity contribution in [1.29, 1.82) is 0 Å². The Balaban J connectivity index is 1.56. The zero-order valence-corrected chi connectivity index (χ0v) is 14.1. The van der Waals surface area contributed by atoms with Gasteiger partial charge in [0.25, 0.3) is 0 Å². The summed E-state index contributed by atoms with van der Waals surface area (Å²) in [6.45, 7) is 2.24. The first kappa shape index (κ1) is 16.7. The van der Waals surface area contributed by atoms with Gasteiger partial charge >= 0.3 is 0 Å². The van der Waals surface area contributed by atoms with E-state index in [0.29, 0.717) is 0 Å². The Hall–Kier alpha value is -2.17. The number of likely N-dealkylation sites (tertiary alicyclic amines) is 1. The van der Waals surface area contributed by atoms with E-state index in [-0.39, 0.29) is 42.5 Å². The van der Waals surface area contributed by atoms with Crippen molar-refractivity contribution in [3.63, 3.8) is 0 Å². The van der Waals surface area contributed by atoms with E-state index >= 15 is 0 Å². The summed E-state index contributed by atoms with van der Waals surface area (Å²) >= 11 is 0. The number of carbonyl (C=O) groups excluding carboxylic acids is 3. The quantitative estimate of drug-likeness (QED) is 0.845. The number of hydrogen-bond acceptors (Lipinski definition) is 3. The van der Waals surface area contributed by atoms with E-state index in [1.807, 2.05) is 24.3 Å². The van der Waals surface area contributed by atoms with Crippen LogP contribution in [0.4, 0.5) is 5.69 Å². The normalized spacial score (nSPS) is 23.3. The highest BCUT2D eigenvalue weighted by Gasteiger charge is 2.47. The Morgan fingerprint density at radius 1 is 1.17 bits per heavy atom. The van der Waals surface area contributed by atoms with Gasteiger partial charge in [0.2, 0.25) is 17.7 Å². The molecule has 2 fully saturated rings. The minimum absolute atomic E-state index is 0.0783. The lowest BCUT2D eigenvalue weighted by Crippen LogP contribution is -2.34. The summed E-state index contributed by atoms with van der Waals surface area (Å²) < 4.78 is 0. The van der Waals surface area contributed by atoms with Crippen LogP contribution in [0.15, 0.2) is 24.3 Å². The van der Waals surface area contributed by atoms with E-state index in [4.69, 9.17) is 0 Å². The molecule has 5 heteroatoms. The number of nitrogens with one attached hydrogen (secondary N) is 1. The molecule has 1 saturated carbocycles. The monoisotopic (exact) mass is 328 g/mol. The van der Waals surface area contributed by atoms with Gasteiger partial charge in [0.05, 0.1) is 11.8 Å². The van der Waals surface area contributed by atoms with Gasteiger partial charge in [0.1, 0.15) is 0 Å². The van der Waals surface area contributed by atoms with E-state index < -0.39 is 0 Å². The molecule has 1 aromatic carbocycles. The van der Waals surface area contributed by atoms with Gasteiger partial charge in [-0.15, -0.1) is 0 Å². The molecule has 1 saturated heterocycles. The zero-order valence-electron chi connectivity index (χ0n) is 14.1. The van der Waals surface area contributed by atoms with Crippen LogP contribution in [0.2, 0.25) is 0 Å². The van der Waals surface area contributed by atoms with Crippen LogP contribution in [0.25, 0.3) is 0 Å². The molecule has 1 aliphatic carbocycles. The van der Waals surface area contributed by atoms with Gasteiger partial charge in [0, 0.05) is 18.7 Å². The fourth-order valence-electron chi connectivity index (χ4n) is 3.76. The molecule has 3 amide bonds. The number of imide groups is 1. The molecule has 0 unspecified atom stereocenters. The van der Waals surface area contributed by atoms with Crippen molar-refractivity contribution in [2.75, 3.05) is 11.9 Å². The number of fused-ring (bicyclic) bond motifs is 1. The minimum Gasteiger partial charge on any atom is -0.326 e. The molecular weight excluding hydrogens is 304 g/mol. The van der Waals surface area contributed by atoms with Crippen molar-refractivity contribution in [3.05, 3.63) is 29.8 Å². The zero-order chi connectivity index (χ0) is 17.1. The van der Waals surface area contributed by atoms with Crippen LogP contribution in [-0.4, -0.2) is 29.2 Å². The lowest BCUT2D eigenvalue weighted by molar-refractivity contribution is -0.140. The number of carbonyl (C=O) groups is 3. The lowest BCUT2D eigenvalue weighted by Gasteiger charge is -2.19. The molecule has 128 valence electrons. The van der Waals surface area contributed by atoms with Gasteiger partial charge in [-0.1, -0.05) is 31.9 Å². The Morgan fingerprint density at radius 2 is 1.83 bits per heavy atom. The fourth-order valence-corrected chi connectivity index (χ4v) is 3.76. The van der Waals surface area contributed by atoms with Crippen LogP contribution in [0.3, 0.4) is 0 Å². The van der Waals surface area contributed by atoms with Gasteiger partial charge in [0.15, 0.2) is 0 Å². The summed E-state index contributed by atoms with van der Waals surface area (Å²) in [6.07, 6.45) is 4.70. The molecule has 2 aliphatic rings. The number of anilines is 1. The van der Waals surface area contributed by atoms with Crippen LogP contribution in [0.1, 0.15) is 44.6 Å². The number of benzene rings is 1. The van der Waals surface area contributed by atoms with Gasteiger partial charge in [-0.2, -0.15) is 0 Å². The lowest BCUT2D eigenvalue weighted by atomic mass is 9.81. The molecule has 24 heavy (non-hydrogen) atoms. The average molecular weight is 328 g/mol. The second-order valence-electron chi connectivity index (χ2n) is 6.68. The van der Waals surface area contributed by atoms with Crippen LogP contribution in [-0.2, 0) is 20.8 Å². The third-order valence-electron chi connectivity index (χ3n) is 5.11. The van der Waals surface area contributed by atoms with Crippen LogP contribution in [0, 0.1) is 11.8 Å². The van der Waals surface area contributed by atoms with Crippen LogP contribution >= 0.6 is 0 Å². The second-order valence-corrected chi connectivity index (χ2v) is 6.68. The van der Waals surface area contributed by atoms with Gasteiger partial charge < -0.3 is 5.32 Å². The van der Waals surface area contributed by atoms with E-state index in [9.17, 15) is 14.4 Å². The second kappa shape index (κ2) is 7.16. The average Bonchev–Trinajstić information content (AvgIpc) is 2.84. The van der Waals surface area contributed by atoms with Crippen LogP contribution in [0.5, 0.6) is 0 Å². The molecule has 3 rings (SSSR count). The van der Waals surface area contributed by atoms with Gasteiger partial charge in [-0.25, -0.2) is 0 Å². The largest absolute Gasteiger partial charge is 0.326 e. The van der Waals surface area contributed by atoms with Crippen molar-refractivity contribution < 1.29 is 14.4 Å². The first-order valence-corrected chi connectivity index (χ1v) is 8.84. The first-order chi connectivity index (χ1) is 11.6. The minimum atomic E-state index is -0.168. The SMILES string of the molecule is CCc1cccc(NC(=O)CCN2C(=O)[C@@H]3CCCC[C@H]3C2=O)c1. The van der Waals surface area contributed by atoms with Crippen molar-refractivity contribution in [2.24, 2.45) is 11.8 Å². The van der Waals surface area contributed by atoms with Crippen molar-refractivity contribution in [1.82, 2.24) is 4.90 Å². The molecule has 5 nitrogen and oxygen atoms in total. The van der Waals surface area contributed by atoms with E-state index in [1.54, 1.807) is 0 Å². The number of nitrogens with zero attached hydrogens (tertiary/aromatic N) is 1. The highest BCUT2D eigenvalue weighted by Crippen LogP contribution is 2.37. The molecule has 0 aromatic heterocycles. The maximum absolute atomic E-state index is 12.4. The standard InChI is InChI=1S/C19H24N2O3/c1-2-13-6-5-7-14(12-13)20-17(22)10-11-21-18(23)15-8-3-4-9-16(15)19(21)24/h5-7,12,15-16H,2-4,8-11H2,1H3,(H,20,22)/t15-,16-/m1/s1. The fraction of sp³-hybridized carbons (Fsp3) is 0.526. The van der Waals surface area contributed by atoms with Crippen molar-refractivity contribution in [3.8, 4) is 0 Å².